The molecule has 2 rings (SSSR count). The summed E-state index contributed by atoms with van der Waals surface area (Å²) in [4.78, 5) is 0. The van der Waals surface area contributed by atoms with E-state index in [1.807, 2.05) is 18.2 Å². The normalized spacial score (nSPS) is 10.6. The molecular weight excluding hydrogens is 389 g/mol. The first-order chi connectivity index (χ1) is 9.60. The lowest BCUT2D eigenvalue weighted by Gasteiger charge is -2.13. The lowest BCUT2D eigenvalue weighted by molar-refractivity contribution is 0.468. The van der Waals surface area contributed by atoms with Gasteiger partial charge in [0.05, 0.1) is 4.47 Å². The van der Waals surface area contributed by atoms with Gasteiger partial charge in [0.2, 0.25) is 0 Å². The third-order valence-corrected chi connectivity index (χ3v) is 3.81. The zero-order valence-corrected chi connectivity index (χ0v) is 14.1. The van der Waals surface area contributed by atoms with E-state index in [9.17, 15) is 4.39 Å². The fraction of sp³-hybridized carbons (Fsp3) is 0.200. The average molecular weight is 403 g/mol. The lowest BCUT2D eigenvalue weighted by Crippen LogP contribution is -2.12. The van der Waals surface area contributed by atoms with E-state index in [0.29, 0.717) is 16.8 Å². The first kappa shape index (κ1) is 15.5. The van der Waals surface area contributed by atoms with Crippen LogP contribution in [0.3, 0.4) is 0 Å². The molecule has 2 aromatic carbocycles. The molecule has 0 aliphatic rings. The third-order valence-electron chi connectivity index (χ3n) is 2.70. The van der Waals surface area contributed by atoms with Crippen LogP contribution in [0.4, 0.5) is 4.39 Å². The summed E-state index contributed by atoms with van der Waals surface area (Å²) in [7, 11) is 0. The van der Waals surface area contributed by atoms with Crippen molar-refractivity contribution in [3.63, 3.8) is 0 Å². The van der Waals surface area contributed by atoms with Crippen molar-refractivity contribution in [2.45, 2.75) is 13.5 Å². The van der Waals surface area contributed by atoms with Gasteiger partial charge in [0.25, 0.3) is 0 Å². The molecule has 0 radical (unpaired) electrons. The maximum Gasteiger partial charge on any atom is 0.141 e. The number of rotatable bonds is 5. The molecule has 20 heavy (non-hydrogen) atoms. The van der Waals surface area contributed by atoms with Gasteiger partial charge in [-0.3, -0.25) is 0 Å². The molecule has 0 saturated carbocycles. The molecule has 0 unspecified atom stereocenters. The van der Waals surface area contributed by atoms with E-state index in [2.05, 4.69) is 44.1 Å². The first-order valence-corrected chi connectivity index (χ1v) is 7.81. The standard InChI is InChI=1S/C15H14Br2FNO/c1-2-19-9-10-7-11(16)3-5-14(10)20-15-6-4-12(18)8-13(15)17/h3-8,19H,2,9H2,1H3. The summed E-state index contributed by atoms with van der Waals surface area (Å²) in [5, 5.41) is 3.27. The smallest absolute Gasteiger partial charge is 0.141 e. The number of benzene rings is 2. The Morgan fingerprint density at radius 2 is 1.85 bits per heavy atom. The molecule has 0 saturated heterocycles. The van der Waals surface area contributed by atoms with Crippen LogP contribution in [0.1, 0.15) is 12.5 Å². The highest BCUT2D eigenvalue weighted by molar-refractivity contribution is 9.10. The number of ether oxygens (including phenoxy) is 1. The maximum atomic E-state index is 13.1. The SMILES string of the molecule is CCNCc1cc(Br)ccc1Oc1ccc(F)cc1Br. The molecule has 2 aromatic rings. The first-order valence-electron chi connectivity index (χ1n) is 6.22. The summed E-state index contributed by atoms with van der Waals surface area (Å²) in [6.45, 7) is 3.64. The van der Waals surface area contributed by atoms with E-state index in [0.717, 1.165) is 22.3 Å². The van der Waals surface area contributed by atoms with Crippen LogP contribution in [-0.2, 0) is 6.54 Å². The summed E-state index contributed by atoms with van der Waals surface area (Å²) in [5.74, 6) is 1.04. The monoisotopic (exact) mass is 401 g/mol. The van der Waals surface area contributed by atoms with Crippen LogP contribution >= 0.6 is 31.9 Å². The van der Waals surface area contributed by atoms with Crippen LogP contribution in [0.5, 0.6) is 11.5 Å². The minimum atomic E-state index is -0.298. The van der Waals surface area contributed by atoms with Crippen LogP contribution in [-0.4, -0.2) is 6.54 Å². The molecule has 0 aliphatic carbocycles. The summed E-state index contributed by atoms with van der Waals surface area (Å²) in [5.41, 5.74) is 1.04. The van der Waals surface area contributed by atoms with Crippen LogP contribution in [0.25, 0.3) is 0 Å². The van der Waals surface area contributed by atoms with Crippen LogP contribution < -0.4 is 10.1 Å². The average Bonchev–Trinajstić information content (AvgIpc) is 2.41. The summed E-state index contributed by atoms with van der Waals surface area (Å²) in [6, 6.07) is 10.2. The van der Waals surface area contributed by atoms with E-state index < -0.39 is 0 Å². The highest BCUT2D eigenvalue weighted by Crippen LogP contribution is 2.33. The van der Waals surface area contributed by atoms with Gasteiger partial charge in [0.15, 0.2) is 0 Å². The number of halogens is 3. The second-order valence-electron chi connectivity index (χ2n) is 4.21. The molecular formula is C15H14Br2FNO. The second-order valence-corrected chi connectivity index (χ2v) is 5.98. The van der Waals surface area contributed by atoms with E-state index in [4.69, 9.17) is 4.74 Å². The largest absolute Gasteiger partial charge is 0.456 e. The van der Waals surface area contributed by atoms with Crippen molar-refractivity contribution < 1.29 is 9.13 Å². The Kier molecular flexibility index (Phi) is 5.57. The minimum absolute atomic E-state index is 0.298. The Morgan fingerprint density at radius 3 is 2.55 bits per heavy atom. The van der Waals surface area contributed by atoms with Gasteiger partial charge in [0.1, 0.15) is 17.3 Å². The van der Waals surface area contributed by atoms with Gasteiger partial charge < -0.3 is 10.1 Å². The van der Waals surface area contributed by atoms with Crippen molar-refractivity contribution in [1.29, 1.82) is 0 Å². The Balaban J connectivity index is 2.27. The Morgan fingerprint density at radius 1 is 1.10 bits per heavy atom. The van der Waals surface area contributed by atoms with E-state index in [1.165, 1.54) is 12.1 Å². The van der Waals surface area contributed by atoms with Crippen molar-refractivity contribution in [2.75, 3.05) is 6.54 Å². The number of hydrogen-bond donors (Lipinski definition) is 1. The van der Waals surface area contributed by atoms with Gasteiger partial charge in [-0.15, -0.1) is 0 Å². The predicted octanol–water partition coefficient (Wildman–Crippen LogP) is 5.25. The molecule has 0 aliphatic heterocycles. The highest BCUT2D eigenvalue weighted by Gasteiger charge is 2.09. The van der Waals surface area contributed by atoms with Crippen molar-refractivity contribution in [3.05, 3.63) is 56.7 Å². The fourth-order valence-corrected chi connectivity index (χ4v) is 2.56. The molecule has 106 valence electrons. The highest BCUT2D eigenvalue weighted by atomic mass is 79.9. The van der Waals surface area contributed by atoms with E-state index >= 15 is 0 Å². The molecule has 0 aromatic heterocycles. The third kappa shape index (κ3) is 4.04. The molecule has 2 nitrogen and oxygen atoms in total. The molecule has 0 atom stereocenters. The second kappa shape index (κ2) is 7.20. The van der Waals surface area contributed by atoms with Gasteiger partial charge in [-0.05, 0) is 58.9 Å². The molecule has 0 amide bonds. The Bertz CT molecular complexity index is 604. The molecule has 1 N–H and O–H groups in total. The molecule has 0 spiro atoms. The van der Waals surface area contributed by atoms with Gasteiger partial charge >= 0.3 is 0 Å². The zero-order chi connectivity index (χ0) is 14.5. The summed E-state index contributed by atoms with van der Waals surface area (Å²) >= 11 is 6.76. The van der Waals surface area contributed by atoms with E-state index in [-0.39, 0.29) is 5.82 Å². The van der Waals surface area contributed by atoms with Crippen LogP contribution in [0.2, 0.25) is 0 Å². The van der Waals surface area contributed by atoms with Crippen LogP contribution in [0, 0.1) is 5.82 Å². The number of nitrogens with one attached hydrogen (secondary N) is 1. The quantitative estimate of drug-likeness (QED) is 0.737. The van der Waals surface area contributed by atoms with Gasteiger partial charge in [-0.2, -0.15) is 0 Å². The van der Waals surface area contributed by atoms with Crippen molar-refractivity contribution in [3.8, 4) is 11.5 Å². The van der Waals surface area contributed by atoms with Gasteiger partial charge in [-0.25, -0.2) is 4.39 Å². The Labute approximate surface area is 134 Å². The maximum absolute atomic E-state index is 13.1. The van der Waals surface area contributed by atoms with Crippen molar-refractivity contribution in [1.82, 2.24) is 5.32 Å². The minimum Gasteiger partial charge on any atom is -0.456 e. The predicted molar refractivity (Wildman–Crippen MR) is 85.7 cm³/mol. The summed E-state index contributed by atoms with van der Waals surface area (Å²) in [6.07, 6.45) is 0. The topological polar surface area (TPSA) is 21.3 Å². The van der Waals surface area contributed by atoms with Crippen molar-refractivity contribution in [2.24, 2.45) is 0 Å². The van der Waals surface area contributed by atoms with Crippen LogP contribution in [0.15, 0.2) is 45.3 Å². The summed E-state index contributed by atoms with van der Waals surface area (Å²) < 4.78 is 20.5. The van der Waals surface area contributed by atoms with Gasteiger partial charge in [-0.1, -0.05) is 22.9 Å². The van der Waals surface area contributed by atoms with Crippen molar-refractivity contribution >= 4 is 31.9 Å². The molecule has 0 bridgehead atoms. The Hall–Kier alpha value is -0.910. The lowest BCUT2D eigenvalue weighted by atomic mass is 10.2. The fourth-order valence-electron chi connectivity index (χ4n) is 1.72. The molecule has 0 heterocycles. The molecule has 0 fully saturated rings. The number of hydrogen-bond acceptors (Lipinski definition) is 2. The zero-order valence-electron chi connectivity index (χ0n) is 10.9. The van der Waals surface area contributed by atoms with E-state index in [1.54, 1.807) is 6.07 Å². The van der Waals surface area contributed by atoms with Gasteiger partial charge in [0, 0.05) is 16.6 Å². The molecule has 5 heteroatoms.